The first-order chi connectivity index (χ1) is 11.2. The Morgan fingerprint density at radius 2 is 1.43 bits per heavy atom. The zero-order valence-electron chi connectivity index (χ0n) is 12.2. The Morgan fingerprint density at radius 3 is 2.17 bits per heavy atom. The van der Waals surface area contributed by atoms with Crippen molar-refractivity contribution < 1.29 is 4.79 Å². The number of hydrogen-bond donors (Lipinski definition) is 3. The van der Waals surface area contributed by atoms with Crippen molar-refractivity contribution in [3.63, 3.8) is 0 Å². The molecule has 0 saturated carbocycles. The number of benzene rings is 3. The molecule has 4 N–H and O–H groups in total. The molecule has 0 atom stereocenters. The fraction of sp³-hybridized carbons (Fsp3) is 0. The maximum atomic E-state index is 12.2. The SMILES string of the molecule is NC(=O)c1c2[nH]c3ccccc3c2cc2[nH]c3ccccc3c12. The zero-order chi connectivity index (χ0) is 15.6. The van der Waals surface area contributed by atoms with Crippen molar-refractivity contribution >= 4 is 49.5 Å². The molecule has 23 heavy (non-hydrogen) atoms. The standard InChI is InChI=1S/C19H13N3O/c20-19(23)17-16-11-6-2-4-8-14(11)21-15(16)9-12-10-5-1-3-7-13(10)22-18(12)17/h1-9,21-22H,(H2,20,23). The number of nitrogens with one attached hydrogen (secondary N) is 2. The minimum atomic E-state index is -0.420. The van der Waals surface area contributed by atoms with E-state index in [1.807, 2.05) is 48.5 Å². The maximum absolute atomic E-state index is 12.2. The fourth-order valence-electron chi connectivity index (χ4n) is 3.57. The third-order valence-corrected chi connectivity index (χ3v) is 4.52. The van der Waals surface area contributed by atoms with Crippen LogP contribution in [0.2, 0.25) is 0 Å². The van der Waals surface area contributed by atoms with E-state index in [-0.39, 0.29) is 0 Å². The lowest BCUT2D eigenvalue weighted by Gasteiger charge is -2.02. The van der Waals surface area contributed by atoms with Gasteiger partial charge in [0, 0.05) is 38.1 Å². The molecule has 2 heterocycles. The molecule has 0 bridgehead atoms. The van der Waals surface area contributed by atoms with Crippen molar-refractivity contribution in [3.05, 3.63) is 60.2 Å². The highest BCUT2D eigenvalue weighted by molar-refractivity contribution is 6.27. The number of carbonyl (C=O) groups is 1. The van der Waals surface area contributed by atoms with E-state index in [2.05, 4.69) is 16.0 Å². The van der Waals surface area contributed by atoms with Gasteiger partial charge in [-0.2, -0.15) is 0 Å². The van der Waals surface area contributed by atoms with E-state index < -0.39 is 5.91 Å². The van der Waals surface area contributed by atoms with Gasteiger partial charge in [-0.15, -0.1) is 0 Å². The van der Waals surface area contributed by atoms with Crippen molar-refractivity contribution in [2.75, 3.05) is 0 Å². The van der Waals surface area contributed by atoms with Crippen molar-refractivity contribution in [2.45, 2.75) is 0 Å². The molecule has 0 aliphatic heterocycles. The van der Waals surface area contributed by atoms with E-state index in [9.17, 15) is 4.79 Å². The summed E-state index contributed by atoms with van der Waals surface area (Å²) in [6, 6.07) is 18.1. The molecule has 5 rings (SSSR count). The maximum Gasteiger partial charge on any atom is 0.251 e. The molecule has 5 aromatic rings. The summed E-state index contributed by atoms with van der Waals surface area (Å²) in [5.41, 5.74) is 10.0. The third-order valence-electron chi connectivity index (χ3n) is 4.52. The van der Waals surface area contributed by atoms with E-state index >= 15 is 0 Å². The van der Waals surface area contributed by atoms with Crippen LogP contribution in [0.25, 0.3) is 43.6 Å². The summed E-state index contributed by atoms with van der Waals surface area (Å²) < 4.78 is 0. The van der Waals surface area contributed by atoms with Crippen LogP contribution < -0.4 is 5.73 Å². The number of hydrogen-bond acceptors (Lipinski definition) is 1. The molecule has 3 aromatic carbocycles. The molecule has 0 fully saturated rings. The van der Waals surface area contributed by atoms with Gasteiger partial charge in [0.15, 0.2) is 0 Å². The second-order valence-corrected chi connectivity index (χ2v) is 5.80. The van der Waals surface area contributed by atoms with Crippen LogP contribution in [0.5, 0.6) is 0 Å². The first kappa shape index (κ1) is 12.3. The van der Waals surface area contributed by atoms with Crippen LogP contribution >= 0.6 is 0 Å². The van der Waals surface area contributed by atoms with Crippen LogP contribution in [0.4, 0.5) is 0 Å². The van der Waals surface area contributed by atoms with E-state index in [0.29, 0.717) is 5.56 Å². The van der Waals surface area contributed by atoms with E-state index in [1.165, 1.54) is 0 Å². The van der Waals surface area contributed by atoms with Gasteiger partial charge in [-0.05, 0) is 18.2 Å². The lowest BCUT2D eigenvalue weighted by molar-refractivity contribution is 0.100. The second-order valence-electron chi connectivity index (χ2n) is 5.80. The van der Waals surface area contributed by atoms with Gasteiger partial charge in [-0.25, -0.2) is 0 Å². The molecule has 0 aliphatic rings. The Kier molecular flexibility index (Phi) is 2.21. The van der Waals surface area contributed by atoms with Gasteiger partial charge in [0.25, 0.3) is 5.91 Å². The van der Waals surface area contributed by atoms with Crippen LogP contribution in [0.15, 0.2) is 54.6 Å². The number of aromatic amines is 2. The summed E-state index contributed by atoms with van der Waals surface area (Å²) in [4.78, 5) is 19.0. The Morgan fingerprint density at radius 1 is 0.783 bits per heavy atom. The molecule has 4 heteroatoms. The minimum Gasteiger partial charge on any atom is -0.366 e. The highest BCUT2D eigenvalue weighted by atomic mass is 16.1. The van der Waals surface area contributed by atoms with Crippen molar-refractivity contribution in [2.24, 2.45) is 5.73 Å². The van der Waals surface area contributed by atoms with Crippen LogP contribution in [0.3, 0.4) is 0 Å². The number of H-pyrrole nitrogens is 2. The van der Waals surface area contributed by atoms with Gasteiger partial charge in [0.1, 0.15) is 0 Å². The average molecular weight is 299 g/mol. The lowest BCUT2D eigenvalue weighted by atomic mass is 10.0. The highest BCUT2D eigenvalue weighted by Gasteiger charge is 2.19. The van der Waals surface area contributed by atoms with Gasteiger partial charge in [0.05, 0.1) is 11.1 Å². The third kappa shape index (κ3) is 1.52. The molecule has 0 spiro atoms. The monoisotopic (exact) mass is 299 g/mol. The van der Waals surface area contributed by atoms with Gasteiger partial charge >= 0.3 is 0 Å². The molecule has 1 amide bonds. The number of fused-ring (bicyclic) bond motifs is 6. The molecule has 0 unspecified atom stereocenters. The first-order valence-electron chi connectivity index (χ1n) is 7.47. The summed E-state index contributed by atoms with van der Waals surface area (Å²) in [6.07, 6.45) is 0. The number of amides is 1. The molecular formula is C19H13N3O. The fourth-order valence-corrected chi connectivity index (χ4v) is 3.57. The number of carbonyl (C=O) groups excluding carboxylic acids is 1. The predicted molar refractivity (Wildman–Crippen MR) is 93.7 cm³/mol. The Hall–Kier alpha value is -3.27. The summed E-state index contributed by atoms with van der Waals surface area (Å²) in [5.74, 6) is -0.420. The van der Waals surface area contributed by atoms with Gasteiger partial charge in [0.2, 0.25) is 0 Å². The summed E-state index contributed by atoms with van der Waals surface area (Å²) >= 11 is 0. The molecule has 110 valence electrons. The zero-order valence-corrected chi connectivity index (χ0v) is 12.2. The molecule has 0 radical (unpaired) electrons. The molecule has 2 aromatic heterocycles. The van der Waals surface area contributed by atoms with E-state index in [1.54, 1.807) is 0 Å². The van der Waals surface area contributed by atoms with Crippen LogP contribution in [-0.2, 0) is 0 Å². The number of para-hydroxylation sites is 2. The molecular weight excluding hydrogens is 286 g/mol. The summed E-state index contributed by atoms with van der Waals surface area (Å²) in [6.45, 7) is 0. The number of rotatable bonds is 1. The van der Waals surface area contributed by atoms with Crippen molar-refractivity contribution in [3.8, 4) is 0 Å². The van der Waals surface area contributed by atoms with Crippen LogP contribution in [-0.4, -0.2) is 15.9 Å². The van der Waals surface area contributed by atoms with Gasteiger partial charge < -0.3 is 15.7 Å². The van der Waals surface area contributed by atoms with Crippen LogP contribution in [0, 0.1) is 0 Å². The summed E-state index contributed by atoms with van der Waals surface area (Å²) in [7, 11) is 0. The first-order valence-corrected chi connectivity index (χ1v) is 7.47. The van der Waals surface area contributed by atoms with Crippen LogP contribution in [0.1, 0.15) is 10.4 Å². The number of aromatic nitrogens is 2. The highest BCUT2D eigenvalue weighted by Crippen LogP contribution is 2.36. The summed E-state index contributed by atoms with van der Waals surface area (Å²) in [5, 5.41) is 3.99. The minimum absolute atomic E-state index is 0.420. The van der Waals surface area contributed by atoms with Crippen molar-refractivity contribution in [1.29, 1.82) is 0 Å². The lowest BCUT2D eigenvalue weighted by Crippen LogP contribution is -2.12. The van der Waals surface area contributed by atoms with Gasteiger partial charge in [-0.1, -0.05) is 36.4 Å². The van der Waals surface area contributed by atoms with Gasteiger partial charge in [-0.3, -0.25) is 4.79 Å². The average Bonchev–Trinajstić information content (AvgIpc) is 3.10. The molecule has 4 nitrogen and oxygen atoms in total. The normalized spacial score (nSPS) is 11.8. The Balaban J connectivity index is 2.13. The molecule has 0 saturated heterocycles. The quantitative estimate of drug-likeness (QED) is 0.429. The largest absolute Gasteiger partial charge is 0.366 e. The Labute approximate surface area is 130 Å². The smallest absolute Gasteiger partial charge is 0.251 e. The molecule has 0 aliphatic carbocycles. The number of nitrogens with two attached hydrogens (primary N) is 1. The second kappa shape index (κ2) is 4.14. The topological polar surface area (TPSA) is 74.7 Å². The Bertz CT molecular complexity index is 1240. The van der Waals surface area contributed by atoms with E-state index in [4.69, 9.17) is 5.73 Å². The van der Waals surface area contributed by atoms with Crippen molar-refractivity contribution in [1.82, 2.24) is 9.97 Å². The van der Waals surface area contributed by atoms with E-state index in [0.717, 1.165) is 43.6 Å². The number of primary amides is 1. The predicted octanol–water partition coefficient (Wildman–Crippen LogP) is 4.05.